The molecule has 0 bridgehead atoms. The highest BCUT2D eigenvalue weighted by atomic mass is 16.5. The molecule has 0 unspecified atom stereocenters. The Morgan fingerprint density at radius 2 is 2.39 bits per heavy atom. The number of aromatic nitrogens is 2. The summed E-state index contributed by atoms with van der Waals surface area (Å²) in [4.78, 5) is 15.9. The summed E-state index contributed by atoms with van der Waals surface area (Å²) in [5.74, 6) is 1.04. The molecule has 5 heteroatoms. The molecule has 1 amide bonds. The number of hydrogen-bond acceptors (Lipinski definition) is 3. The second-order valence-corrected chi connectivity index (χ2v) is 5.97. The van der Waals surface area contributed by atoms with Crippen LogP contribution in [0, 0.1) is 5.41 Å². The second-order valence-electron chi connectivity index (χ2n) is 5.97. The number of amides is 1. The highest BCUT2D eigenvalue weighted by Gasteiger charge is 2.21. The van der Waals surface area contributed by atoms with Crippen molar-refractivity contribution < 1.29 is 9.53 Å². The molecular weight excluding hydrogens is 230 g/mol. The molecule has 1 aliphatic rings. The first kappa shape index (κ1) is 13.1. The van der Waals surface area contributed by atoms with Crippen molar-refractivity contribution in [2.45, 2.75) is 46.4 Å². The number of imidazole rings is 1. The van der Waals surface area contributed by atoms with Gasteiger partial charge in [0.25, 0.3) is 0 Å². The van der Waals surface area contributed by atoms with Crippen LogP contribution in [0.15, 0.2) is 12.4 Å². The Labute approximate surface area is 108 Å². The SMILES string of the molecule is CC(C)(C)CC(=O)NC[C@H]1Cn2ccnc2CO1. The first-order valence-electron chi connectivity index (χ1n) is 6.32. The molecule has 1 atom stereocenters. The Balaban J connectivity index is 1.77. The quantitative estimate of drug-likeness (QED) is 0.882. The molecule has 1 aliphatic heterocycles. The Bertz CT molecular complexity index is 420. The number of ether oxygens (including phenoxy) is 1. The van der Waals surface area contributed by atoms with Gasteiger partial charge in [0.05, 0.1) is 12.6 Å². The van der Waals surface area contributed by atoms with Crippen LogP contribution in [-0.4, -0.2) is 28.1 Å². The van der Waals surface area contributed by atoms with E-state index < -0.39 is 0 Å². The standard InChI is InChI=1S/C13H21N3O2/c1-13(2,3)6-12(17)15-7-10-8-16-5-4-14-11(16)9-18-10/h4-5,10H,6-9H2,1-3H3,(H,15,17)/t10-/m0/s1. The molecule has 0 radical (unpaired) electrons. The highest BCUT2D eigenvalue weighted by Crippen LogP contribution is 2.18. The predicted octanol–water partition coefficient (Wildman–Crippen LogP) is 1.33. The Morgan fingerprint density at radius 3 is 3.11 bits per heavy atom. The molecule has 0 saturated heterocycles. The van der Waals surface area contributed by atoms with E-state index in [4.69, 9.17) is 4.74 Å². The molecule has 1 aromatic heterocycles. The third-order valence-electron chi connectivity index (χ3n) is 2.87. The minimum absolute atomic E-state index is 0.0228. The van der Waals surface area contributed by atoms with Gasteiger partial charge < -0.3 is 14.6 Å². The van der Waals surface area contributed by atoms with Crippen molar-refractivity contribution in [1.29, 1.82) is 0 Å². The van der Waals surface area contributed by atoms with Crippen molar-refractivity contribution in [3.63, 3.8) is 0 Å². The summed E-state index contributed by atoms with van der Waals surface area (Å²) in [6.07, 6.45) is 4.30. The number of hydrogen-bond donors (Lipinski definition) is 1. The Morgan fingerprint density at radius 1 is 1.61 bits per heavy atom. The molecule has 0 aliphatic carbocycles. The number of nitrogens with one attached hydrogen (secondary N) is 1. The van der Waals surface area contributed by atoms with Crippen molar-refractivity contribution in [2.75, 3.05) is 6.54 Å². The van der Waals surface area contributed by atoms with E-state index >= 15 is 0 Å². The van der Waals surface area contributed by atoms with Gasteiger partial charge in [0.15, 0.2) is 0 Å². The minimum Gasteiger partial charge on any atom is -0.367 e. The van der Waals surface area contributed by atoms with Crippen LogP contribution in [0.25, 0.3) is 0 Å². The fourth-order valence-corrected chi connectivity index (χ4v) is 2.01. The zero-order chi connectivity index (χ0) is 13.2. The van der Waals surface area contributed by atoms with E-state index in [9.17, 15) is 4.79 Å². The maximum atomic E-state index is 11.7. The van der Waals surface area contributed by atoms with E-state index in [1.807, 2.05) is 6.20 Å². The Hall–Kier alpha value is -1.36. The number of nitrogens with zero attached hydrogens (tertiary/aromatic N) is 2. The van der Waals surface area contributed by atoms with Gasteiger partial charge in [-0.3, -0.25) is 4.79 Å². The lowest BCUT2D eigenvalue weighted by Gasteiger charge is -2.25. The molecule has 0 spiro atoms. The zero-order valence-corrected chi connectivity index (χ0v) is 11.3. The second kappa shape index (κ2) is 5.10. The van der Waals surface area contributed by atoms with Gasteiger partial charge in [0.1, 0.15) is 12.4 Å². The molecule has 2 heterocycles. The summed E-state index contributed by atoms with van der Waals surface area (Å²) in [6, 6.07) is 0. The summed E-state index contributed by atoms with van der Waals surface area (Å²) >= 11 is 0. The van der Waals surface area contributed by atoms with Crippen LogP contribution < -0.4 is 5.32 Å². The van der Waals surface area contributed by atoms with Crippen molar-refractivity contribution in [3.05, 3.63) is 18.2 Å². The van der Waals surface area contributed by atoms with Gasteiger partial charge in [-0.15, -0.1) is 0 Å². The van der Waals surface area contributed by atoms with E-state index in [2.05, 4.69) is 35.6 Å². The fourth-order valence-electron chi connectivity index (χ4n) is 2.01. The van der Waals surface area contributed by atoms with Crippen LogP contribution >= 0.6 is 0 Å². The molecule has 0 aromatic carbocycles. The van der Waals surface area contributed by atoms with Crippen LogP contribution in [0.5, 0.6) is 0 Å². The average molecular weight is 251 g/mol. The van der Waals surface area contributed by atoms with E-state index in [1.165, 1.54) is 0 Å². The highest BCUT2D eigenvalue weighted by molar-refractivity contribution is 5.76. The lowest BCUT2D eigenvalue weighted by Crippen LogP contribution is -2.39. The summed E-state index contributed by atoms with van der Waals surface area (Å²) in [7, 11) is 0. The van der Waals surface area contributed by atoms with Crippen molar-refractivity contribution in [2.24, 2.45) is 5.41 Å². The van der Waals surface area contributed by atoms with Crippen LogP contribution in [0.3, 0.4) is 0 Å². The average Bonchev–Trinajstić information content (AvgIpc) is 2.71. The number of rotatable bonds is 3. The molecule has 1 N–H and O–H groups in total. The first-order valence-corrected chi connectivity index (χ1v) is 6.32. The van der Waals surface area contributed by atoms with Gasteiger partial charge in [-0.25, -0.2) is 4.98 Å². The van der Waals surface area contributed by atoms with Crippen LogP contribution in [0.2, 0.25) is 0 Å². The smallest absolute Gasteiger partial charge is 0.220 e. The van der Waals surface area contributed by atoms with Gasteiger partial charge in [0.2, 0.25) is 5.91 Å². The zero-order valence-electron chi connectivity index (χ0n) is 11.3. The summed E-state index contributed by atoms with van der Waals surface area (Å²) in [5, 5.41) is 2.93. The van der Waals surface area contributed by atoms with E-state index in [0.717, 1.165) is 12.4 Å². The van der Waals surface area contributed by atoms with Gasteiger partial charge >= 0.3 is 0 Å². The molecule has 100 valence electrons. The predicted molar refractivity (Wildman–Crippen MR) is 67.9 cm³/mol. The lowest BCUT2D eigenvalue weighted by atomic mass is 9.92. The van der Waals surface area contributed by atoms with Crippen molar-refractivity contribution in [1.82, 2.24) is 14.9 Å². The maximum absolute atomic E-state index is 11.7. The van der Waals surface area contributed by atoms with Crippen molar-refractivity contribution >= 4 is 5.91 Å². The Kier molecular flexibility index (Phi) is 3.71. The number of carbonyl (C=O) groups is 1. The molecular formula is C13H21N3O2. The largest absolute Gasteiger partial charge is 0.367 e. The van der Waals surface area contributed by atoms with Crippen molar-refractivity contribution in [3.8, 4) is 0 Å². The molecule has 0 saturated carbocycles. The number of carbonyl (C=O) groups excluding carboxylic acids is 1. The molecule has 2 rings (SSSR count). The molecule has 1 aromatic rings. The van der Waals surface area contributed by atoms with Gasteiger partial charge in [0, 0.05) is 25.4 Å². The molecule has 5 nitrogen and oxygen atoms in total. The monoisotopic (exact) mass is 251 g/mol. The minimum atomic E-state index is 0.0228. The maximum Gasteiger partial charge on any atom is 0.220 e. The van der Waals surface area contributed by atoms with Gasteiger partial charge in [-0.1, -0.05) is 20.8 Å². The normalized spacial score (nSPS) is 19.4. The van der Waals surface area contributed by atoms with Gasteiger partial charge in [-0.05, 0) is 5.41 Å². The van der Waals surface area contributed by atoms with Crippen LogP contribution in [-0.2, 0) is 22.7 Å². The van der Waals surface area contributed by atoms with E-state index in [-0.39, 0.29) is 17.4 Å². The van der Waals surface area contributed by atoms with E-state index in [1.54, 1.807) is 6.20 Å². The third-order valence-corrected chi connectivity index (χ3v) is 2.87. The lowest BCUT2D eigenvalue weighted by molar-refractivity contribution is -0.123. The molecule has 18 heavy (non-hydrogen) atoms. The summed E-state index contributed by atoms with van der Waals surface area (Å²) in [5.41, 5.74) is 0.0228. The molecule has 0 fully saturated rings. The number of fused-ring (bicyclic) bond motifs is 1. The van der Waals surface area contributed by atoms with Crippen LogP contribution in [0.4, 0.5) is 0 Å². The topological polar surface area (TPSA) is 56.2 Å². The summed E-state index contributed by atoms with van der Waals surface area (Å²) < 4.78 is 7.72. The fraction of sp³-hybridized carbons (Fsp3) is 0.692. The van der Waals surface area contributed by atoms with Crippen LogP contribution in [0.1, 0.15) is 33.0 Å². The third kappa shape index (κ3) is 3.57. The van der Waals surface area contributed by atoms with Gasteiger partial charge in [-0.2, -0.15) is 0 Å². The summed E-state index contributed by atoms with van der Waals surface area (Å²) in [6.45, 7) is 8.01. The van der Waals surface area contributed by atoms with E-state index in [0.29, 0.717) is 19.6 Å². The first-order chi connectivity index (χ1) is 8.44.